The lowest BCUT2D eigenvalue weighted by Crippen LogP contribution is -2.46. The summed E-state index contributed by atoms with van der Waals surface area (Å²) in [7, 11) is 0. The van der Waals surface area contributed by atoms with Gasteiger partial charge >= 0.3 is 0 Å². The molecule has 158 valence electrons. The fourth-order valence-electron chi connectivity index (χ4n) is 3.92. The summed E-state index contributed by atoms with van der Waals surface area (Å²) < 4.78 is 0. The molecule has 2 aromatic rings. The van der Waals surface area contributed by atoms with E-state index < -0.39 is 0 Å². The highest BCUT2D eigenvalue weighted by Gasteiger charge is 2.16. The molecule has 0 amide bonds. The minimum Gasteiger partial charge on any atom is -0.369 e. The molecule has 0 atom stereocenters. The maximum atomic E-state index is 9.56. The van der Waals surface area contributed by atoms with Crippen LogP contribution in [0.1, 0.15) is 44.2 Å². The summed E-state index contributed by atoms with van der Waals surface area (Å²) in [6, 6.07) is 18.2. The lowest BCUT2D eigenvalue weighted by molar-refractivity contribution is 0.250. The van der Waals surface area contributed by atoms with Crippen molar-refractivity contribution in [3.63, 3.8) is 0 Å². The number of anilines is 1. The van der Waals surface area contributed by atoms with Crippen molar-refractivity contribution in [2.45, 2.75) is 33.1 Å². The van der Waals surface area contributed by atoms with Crippen LogP contribution in [-0.2, 0) is 0 Å². The number of rotatable bonds is 8. The Bertz CT molecular complexity index is 872. The molecule has 2 aromatic carbocycles. The molecule has 0 bridgehead atoms. The van der Waals surface area contributed by atoms with E-state index in [2.05, 4.69) is 54.0 Å². The van der Waals surface area contributed by atoms with Gasteiger partial charge in [0, 0.05) is 42.5 Å². The van der Waals surface area contributed by atoms with E-state index in [9.17, 15) is 5.26 Å². The summed E-state index contributed by atoms with van der Waals surface area (Å²) in [5, 5.41) is 10.2. The molecule has 0 spiro atoms. The van der Waals surface area contributed by atoms with Crippen molar-refractivity contribution < 1.29 is 0 Å². The normalized spacial score (nSPS) is 15.4. The maximum absolute atomic E-state index is 9.56. The predicted molar refractivity (Wildman–Crippen MR) is 129 cm³/mol. The van der Waals surface area contributed by atoms with Crippen molar-refractivity contribution >= 4 is 28.9 Å². The Kier molecular flexibility index (Phi) is 8.37. The molecular weight excluding hydrogens is 390 g/mol. The number of halogens is 1. The summed E-state index contributed by atoms with van der Waals surface area (Å²) in [5.74, 6) is 0.814. The van der Waals surface area contributed by atoms with Gasteiger partial charge in [0.15, 0.2) is 0 Å². The molecule has 0 aliphatic carbocycles. The van der Waals surface area contributed by atoms with Crippen molar-refractivity contribution in [3.8, 4) is 6.07 Å². The van der Waals surface area contributed by atoms with Gasteiger partial charge in [-0.3, -0.25) is 4.90 Å². The predicted octanol–water partition coefficient (Wildman–Crippen LogP) is 6.35. The van der Waals surface area contributed by atoms with Crippen LogP contribution in [-0.4, -0.2) is 37.6 Å². The molecule has 3 rings (SSSR count). The first kappa shape index (κ1) is 22.4. The average Bonchev–Trinajstić information content (AvgIpc) is 2.76. The van der Waals surface area contributed by atoms with Gasteiger partial charge < -0.3 is 4.90 Å². The Hall–Kier alpha value is -2.28. The van der Waals surface area contributed by atoms with Crippen LogP contribution < -0.4 is 4.90 Å². The zero-order valence-corrected chi connectivity index (χ0v) is 18.9. The molecule has 0 saturated carbocycles. The summed E-state index contributed by atoms with van der Waals surface area (Å²) in [6.45, 7) is 10.2. The van der Waals surface area contributed by atoms with E-state index in [0.717, 1.165) is 43.2 Å². The smallest absolute Gasteiger partial charge is 0.0998 e. The van der Waals surface area contributed by atoms with Crippen LogP contribution in [0.15, 0.2) is 48.5 Å². The summed E-state index contributed by atoms with van der Waals surface area (Å²) in [5.41, 5.74) is 3.62. The number of nitriles is 1. The fraction of sp³-hybridized carbons (Fsp3) is 0.423. The summed E-state index contributed by atoms with van der Waals surface area (Å²) in [6.07, 6.45) is 5.89. The van der Waals surface area contributed by atoms with Gasteiger partial charge in [-0.05, 0) is 48.7 Å². The fourth-order valence-corrected chi connectivity index (χ4v) is 4.15. The van der Waals surface area contributed by atoms with E-state index in [-0.39, 0.29) is 0 Å². The second-order valence-electron chi connectivity index (χ2n) is 8.46. The van der Waals surface area contributed by atoms with Crippen molar-refractivity contribution in [3.05, 3.63) is 64.7 Å². The SMILES string of the molecule is CC(C)CCCCN1CCN(c2ccc(/C=C(\C#N)c3ccccc3Cl)cc2)CC1. The quantitative estimate of drug-likeness (QED) is 0.282. The van der Waals surface area contributed by atoms with Gasteiger partial charge in [-0.15, -0.1) is 0 Å². The number of unbranched alkanes of at least 4 members (excludes halogenated alkanes) is 1. The Balaban J connectivity index is 1.55. The van der Waals surface area contributed by atoms with Gasteiger partial charge in [-0.1, -0.05) is 68.6 Å². The molecule has 1 fully saturated rings. The first-order chi connectivity index (χ1) is 14.6. The standard InChI is InChI=1S/C26H32ClN3/c1-21(2)7-5-6-14-29-15-17-30(18-16-29)24-12-10-22(11-13-24)19-23(20-28)25-8-3-4-9-26(25)27/h3-4,8-13,19,21H,5-7,14-18H2,1-2H3/b23-19+. The molecule has 0 radical (unpaired) electrons. The Morgan fingerprint density at radius 3 is 2.37 bits per heavy atom. The second kappa shape index (κ2) is 11.2. The summed E-state index contributed by atoms with van der Waals surface area (Å²) in [4.78, 5) is 5.05. The van der Waals surface area contributed by atoms with Crippen molar-refractivity contribution in [2.24, 2.45) is 5.92 Å². The third-order valence-corrected chi connectivity index (χ3v) is 6.06. The van der Waals surface area contributed by atoms with E-state index >= 15 is 0 Å². The third-order valence-electron chi connectivity index (χ3n) is 5.73. The molecule has 3 nitrogen and oxygen atoms in total. The van der Waals surface area contributed by atoms with Crippen LogP contribution in [0.2, 0.25) is 5.02 Å². The van der Waals surface area contributed by atoms with Crippen LogP contribution in [0.3, 0.4) is 0 Å². The van der Waals surface area contributed by atoms with E-state index in [0.29, 0.717) is 10.6 Å². The molecular formula is C26H32ClN3. The van der Waals surface area contributed by atoms with Crippen LogP contribution in [0.5, 0.6) is 0 Å². The van der Waals surface area contributed by atoms with Crippen LogP contribution in [0, 0.1) is 17.2 Å². The first-order valence-corrected chi connectivity index (χ1v) is 11.4. The lowest BCUT2D eigenvalue weighted by atomic mass is 10.0. The maximum Gasteiger partial charge on any atom is 0.0998 e. The van der Waals surface area contributed by atoms with Gasteiger partial charge in [0.05, 0.1) is 11.6 Å². The minimum atomic E-state index is 0.583. The number of benzene rings is 2. The molecule has 1 aliphatic rings. The molecule has 0 unspecified atom stereocenters. The van der Waals surface area contributed by atoms with Gasteiger partial charge in [0.25, 0.3) is 0 Å². The molecule has 0 N–H and O–H groups in total. The summed E-state index contributed by atoms with van der Waals surface area (Å²) >= 11 is 6.25. The van der Waals surface area contributed by atoms with Gasteiger partial charge in [0.1, 0.15) is 0 Å². The second-order valence-corrected chi connectivity index (χ2v) is 8.87. The molecule has 4 heteroatoms. The average molecular weight is 422 g/mol. The number of allylic oxidation sites excluding steroid dienone is 1. The number of nitrogens with zero attached hydrogens (tertiary/aromatic N) is 3. The molecule has 1 aliphatic heterocycles. The highest BCUT2D eigenvalue weighted by molar-refractivity contribution is 6.32. The molecule has 1 heterocycles. The van der Waals surface area contributed by atoms with Crippen LogP contribution in [0.25, 0.3) is 11.6 Å². The van der Waals surface area contributed by atoms with E-state index in [1.807, 2.05) is 30.3 Å². The molecule has 30 heavy (non-hydrogen) atoms. The lowest BCUT2D eigenvalue weighted by Gasteiger charge is -2.36. The van der Waals surface area contributed by atoms with E-state index in [1.54, 1.807) is 0 Å². The minimum absolute atomic E-state index is 0.583. The number of hydrogen-bond donors (Lipinski definition) is 0. The highest BCUT2D eigenvalue weighted by atomic mass is 35.5. The van der Waals surface area contributed by atoms with E-state index in [1.165, 1.54) is 31.5 Å². The highest BCUT2D eigenvalue weighted by Crippen LogP contribution is 2.26. The van der Waals surface area contributed by atoms with Crippen molar-refractivity contribution in [1.29, 1.82) is 5.26 Å². The monoisotopic (exact) mass is 421 g/mol. The van der Waals surface area contributed by atoms with Gasteiger partial charge in [-0.25, -0.2) is 0 Å². The molecule has 0 aromatic heterocycles. The van der Waals surface area contributed by atoms with Crippen molar-refractivity contribution in [1.82, 2.24) is 4.90 Å². The Morgan fingerprint density at radius 1 is 1.03 bits per heavy atom. The molecule has 1 saturated heterocycles. The van der Waals surface area contributed by atoms with Gasteiger partial charge in [0.2, 0.25) is 0 Å². The largest absolute Gasteiger partial charge is 0.369 e. The number of piperazine rings is 1. The third kappa shape index (κ3) is 6.36. The Morgan fingerprint density at radius 2 is 1.73 bits per heavy atom. The zero-order valence-electron chi connectivity index (χ0n) is 18.1. The van der Waals surface area contributed by atoms with Gasteiger partial charge in [-0.2, -0.15) is 5.26 Å². The number of hydrogen-bond acceptors (Lipinski definition) is 3. The topological polar surface area (TPSA) is 30.3 Å². The van der Waals surface area contributed by atoms with Crippen LogP contribution >= 0.6 is 11.6 Å². The van der Waals surface area contributed by atoms with Crippen molar-refractivity contribution in [2.75, 3.05) is 37.6 Å². The Labute approximate surface area is 186 Å². The zero-order chi connectivity index (χ0) is 21.3. The van der Waals surface area contributed by atoms with Crippen LogP contribution in [0.4, 0.5) is 5.69 Å². The van der Waals surface area contributed by atoms with E-state index in [4.69, 9.17) is 11.6 Å². The first-order valence-electron chi connectivity index (χ1n) is 11.0.